The lowest BCUT2D eigenvalue weighted by atomic mass is 9.77. The van der Waals surface area contributed by atoms with Gasteiger partial charge in [-0.2, -0.15) is 0 Å². The van der Waals surface area contributed by atoms with E-state index in [4.69, 9.17) is 5.11 Å². The van der Waals surface area contributed by atoms with Gasteiger partial charge in [0.15, 0.2) is 0 Å². The summed E-state index contributed by atoms with van der Waals surface area (Å²) in [7, 11) is 0. The summed E-state index contributed by atoms with van der Waals surface area (Å²) in [5.41, 5.74) is 1.10. The van der Waals surface area contributed by atoms with Gasteiger partial charge in [-0.15, -0.1) is 0 Å². The van der Waals surface area contributed by atoms with Crippen LogP contribution in [0.5, 0.6) is 0 Å². The first-order chi connectivity index (χ1) is 7.97. The van der Waals surface area contributed by atoms with Gasteiger partial charge >= 0.3 is 5.97 Å². The Morgan fingerprint density at radius 3 is 2.71 bits per heavy atom. The van der Waals surface area contributed by atoms with Crippen molar-refractivity contribution < 1.29 is 15.0 Å². The second-order valence-corrected chi connectivity index (χ2v) is 5.35. The lowest BCUT2D eigenvalue weighted by Crippen LogP contribution is -2.46. The van der Waals surface area contributed by atoms with Gasteiger partial charge in [-0.25, -0.2) is 0 Å². The first-order valence-corrected chi connectivity index (χ1v) is 6.16. The molecule has 1 heterocycles. The molecular weight excluding hydrogens is 218 g/mol. The van der Waals surface area contributed by atoms with E-state index in [1.807, 2.05) is 18.7 Å². The number of hydrogen-bond acceptors (Lipinski definition) is 3. The van der Waals surface area contributed by atoms with Gasteiger partial charge in [0.25, 0.3) is 0 Å². The third kappa shape index (κ3) is 4.48. The highest BCUT2D eigenvalue weighted by Gasteiger charge is 2.34. The maximum atomic E-state index is 10.7. The molecule has 0 bridgehead atoms. The lowest BCUT2D eigenvalue weighted by Gasteiger charge is -2.41. The quantitative estimate of drug-likeness (QED) is 0.716. The summed E-state index contributed by atoms with van der Waals surface area (Å²) in [6.45, 7) is 5.80. The van der Waals surface area contributed by atoms with E-state index < -0.39 is 5.97 Å². The summed E-state index contributed by atoms with van der Waals surface area (Å²) in [5.74, 6) is -0.791. The topological polar surface area (TPSA) is 60.8 Å². The first-order valence-electron chi connectivity index (χ1n) is 6.16. The number of carboxylic acid groups (broad SMARTS) is 1. The van der Waals surface area contributed by atoms with Crippen LogP contribution in [0.4, 0.5) is 0 Å². The Morgan fingerprint density at radius 2 is 2.18 bits per heavy atom. The van der Waals surface area contributed by atoms with Gasteiger partial charge in [-0.3, -0.25) is 9.69 Å². The molecule has 0 spiro atoms. The van der Waals surface area contributed by atoms with Gasteiger partial charge in [-0.05, 0) is 39.7 Å². The van der Waals surface area contributed by atoms with Gasteiger partial charge in [0.2, 0.25) is 0 Å². The van der Waals surface area contributed by atoms with Crippen LogP contribution >= 0.6 is 0 Å². The van der Waals surface area contributed by atoms with Crippen molar-refractivity contribution in [2.45, 2.75) is 33.1 Å². The number of rotatable bonds is 5. The van der Waals surface area contributed by atoms with Gasteiger partial charge in [0.1, 0.15) is 0 Å². The molecule has 1 fully saturated rings. The molecule has 1 saturated heterocycles. The molecule has 0 amide bonds. The van der Waals surface area contributed by atoms with E-state index in [-0.39, 0.29) is 18.6 Å². The Labute approximate surface area is 103 Å². The van der Waals surface area contributed by atoms with Crippen LogP contribution in [0.25, 0.3) is 0 Å². The molecule has 1 rings (SSSR count). The van der Waals surface area contributed by atoms with Crippen molar-refractivity contribution in [2.24, 2.45) is 5.41 Å². The van der Waals surface area contributed by atoms with E-state index in [2.05, 4.69) is 6.08 Å². The minimum atomic E-state index is -0.791. The number of carboxylic acids is 1. The SMILES string of the molecule is CC(C)=CCC1(CO)CCCN(CC(=O)O)C1. The van der Waals surface area contributed by atoms with Crippen molar-refractivity contribution in [1.29, 1.82) is 0 Å². The summed E-state index contributed by atoms with van der Waals surface area (Å²) in [6.07, 6.45) is 4.91. The van der Waals surface area contributed by atoms with Crippen molar-refractivity contribution in [3.05, 3.63) is 11.6 Å². The molecule has 0 radical (unpaired) electrons. The number of piperidine rings is 1. The van der Waals surface area contributed by atoms with Crippen LogP contribution in [-0.4, -0.2) is 47.3 Å². The minimum absolute atomic E-state index is 0.0799. The largest absolute Gasteiger partial charge is 0.480 e. The van der Waals surface area contributed by atoms with Gasteiger partial charge < -0.3 is 10.2 Å². The second-order valence-electron chi connectivity index (χ2n) is 5.35. The number of allylic oxidation sites excluding steroid dienone is 2. The van der Waals surface area contributed by atoms with Crippen LogP contribution < -0.4 is 0 Å². The highest BCUT2D eigenvalue weighted by atomic mass is 16.4. The van der Waals surface area contributed by atoms with Crippen LogP contribution in [0.1, 0.15) is 33.1 Å². The summed E-state index contributed by atoms with van der Waals surface area (Å²) in [4.78, 5) is 12.6. The molecule has 98 valence electrons. The highest BCUT2D eigenvalue weighted by molar-refractivity contribution is 5.69. The van der Waals surface area contributed by atoms with Crippen molar-refractivity contribution in [1.82, 2.24) is 4.90 Å². The zero-order valence-electron chi connectivity index (χ0n) is 10.8. The zero-order chi connectivity index (χ0) is 12.9. The number of aliphatic hydroxyl groups excluding tert-OH is 1. The Bertz CT molecular complexity index is 297. The van der Waals surface area contributed by atoms with E-state index in [1.54, 1.807) is 0 Å². The number of hydrogen-bond donors (Lipinski definition) is 2. The molecule has 17 heavy (non-hydrogen) atoms. The molecule has 0 saturated carbocycles. The Hall–Kier alpha value is -0.870. The van der Waals surface area contributed by atoms with E-state index in [0.29, 0.717) is 6.54 Å². The molecule has 0 aromatic carbocycles. The van der Waals surface area contributed by atoms with Crippen LogP contribution in [0.2, 0.25) is 0 Å². The smallest absolute Gasteiger partial charge is 0.317 e. The Morgan fingerprint density at radius 1 is 1.47 bits per heavy atom. The first kappa shape index (κ1) is 14.2. The summed E-state index contributed by atoms with van der Waals surface area (Å²) in [5, 5.41) is 18.4. The molecule has 0 aromatic rings. The number of nitrogens with zero attached hydrogens (tertiary/aromatic N) is 1. The van der Waals surface area contributed by atoms with Crippen molar-refractivity contribution in [3.8, 4) is 0 Å². The fourth-order valence-electron chi connectivity index (χ4n) is 2.42. The monoisotopic (exact) mass is 241 g/mol. The number of likely N-dealkylation sites (tertiary alicyclic amines) is 1. The van der Waals surface area contributed by atoms with Crippen LogP contribution in [0, 0.1) is 5.41 Å². The summed E-state index contributed by atoms with van der Waals surface area (Å²) >= 11 is 0. The van der Waals surface area contributed by atoms with Crippen LogP contribution in [0.3, 0.4) is 0 Å². The third-order valence-electron chi connectivity index (χ3n) is 3.38. The minimum Gasteiger partial charge on any atom is -0.480 e. The van der Waals surface area contributed by atoms with Gasteiger partial charge in [0.05, 0.1) is 13.2 Å². The normalized spacial score (nSPS) is 25.6. The Kier molecular flexibility index (Phi) is 5.15. The fourth-order valence-corrected chi connectivity index (χ4v) is 2.42. The summed E-state index contributed by atoms with van der Waals surface area (Å²) in [6, 6.07) is 0. The molecule has 1 atom stereocenters. The summed E-state index contributed by atoms with van der Waals surface area (Å²) < 4.78 is 0. The maximum Gasteiger partial charge on any atom is 0.317 e. The average Bonchev–Trinajstić information content (AvgIpc) is 2.26. The van der Waals surface area contributed by atoms with Crippen molar-refractivity contribution in [2.75, 3.05) is 26.2 Å². The highest BCUT2D eigenvalue weighted by Crippen LogP contribution is 2.33. The van der Waals surface area contributed by atoms with Gasteiger partial charge in [0, 0.05) is 12.0 Å². The van der Waals surface area contributed by atoms with E-state index in [0.717, 1.165) is 25.8 Å². The molecule has 0 aromatic heterocycles. The number of aliphatic hydroxyl groups is 1. The predicted molar refractivity (Wildman–Crippen MR) is 66.9 cm³/mol. The molecule has 2 N–H and O–H groups in total. The number of carbonyl (C=O) groups is 1. The Balaban J connectivity index is 2.64. The molecule has 1 aliphatic rings. The molecule has 1 unspecified atom stereocenters. The molecule has 4 heteroatoms. The molecular formula is C13H23NO3. The average molecular weight is 241 g/mol. The van der Waals surface area contributed by atoms with Gasteiger partial charge in [-0.1, -0.05) is 11.6 Å². The lowest BCUT2D eigenvalue weighted by molar-refractivity contribution is -0.139. The van der Waals surface area contributed by atoms with Crippen LogP contribution in [-0.2, 0) is 4.79 Å². The maximum absolute atomic E-state index is 10.7. The molecule has 4 nitrogen and oxygen atoms in total. The standard InChI is InChI=1S/C13H23NO3/c1-11(2)4-6-13(10-15)5-3-7-14(9-13)8-12(16)17/h4,15H,3,5-10H2,1-2H3,(H,16,17). The van der Waals surface area contributed by atoms with Crippen molar-refractivity contribution in [3.63, 3.8) is 0 Å². The second kappa shape index (κ2) is 6.17. The zero-order valence-corrected chi connectivity index (χ0v) is 10.8. The predicted octanol–water partition coefficient (Wildman–Crippen LogP) is 1.50. The van der Waals surface area contributed by atoms with E-state index >= 15 is 0 Å². The fraction of sp³-hybridized carbons (Fsp3) is 0.769. The van der Waals surface area contributed by atoms with Crippen LogP contribution in [0.15, 0.2) is 11.6 Å². The molecule has 1 aliphatic heterocycles. The molecule has 0 aliphatic carbocycles. The third-order valence-corrected chi connectivity index (χ3v) is 3.38. The van der Waals surface area contributed by atoms with E-state index in [9.17, 15) is 9.90 Å². The van der Waals surface area contributed by atoms with Crippen molar-refractivity contribution >= 4 is 5.97 Å². The number of aliphatic carboxylic acids is 1. The van der Waals surface area contributed by atoms with E-state index in [1.165, 1.54) is 5.57 Å².